The minimum atomic E-state index is -3.88. The van der Waals surface area contributed by atoms with Gasteiger partial charge in [-0.2, -0.15) is 0 Å². The number of benzene rings is 2. The Morgan fingerprint density at radius 2 is 1.88 bits per heavy atom. The molecule has 2 aromatic rings. The highest BCUT2D eigenvalue weighted by Crippen LogP contribution is 2.39. The van der Waals surface area contributed by atoms with Crippen LogP contribution in [0.15, 0.2) is 53.5 Å². The van der Waals surface area contributed by atoms with Gasteiger partial charge in [0.1, 0.15) is 16.7 Å². The molecule has 1 aliphatic heterocycles. The van der Waals surface area contributed by atoms with Crippen LogP contribution in [0.5, 0.6) is 0 Å². The Kier molecular flexibility index (Phi) is 7.56. The third-order valence-corrected chi connectivity index (χ3v) is 7.49. The van der Waals surface area contributed by atoms with Gasteiger partial charge in [0.15, 0.2) is 0 Å². The molecule has 8 heteroatoms. The Hall–Kier alpha value is -2.45. The predicted octanol–water partition coefficient (Wildman–Crippen LogP) is 4.42. The highest BCUT2D eigenvalue weighted by molar-refractivity contribution is 7.90. The van der Waals surface area contributed by atoms with E-state index in [1.165, 1.54) is 6.07 Å². The Balaban J connectivity index is 1.90. The zero-order valence-corrected chi connectivity index (χ0v) is 19.5. The summed E-state index contributed by atoms with van der Waals surface area (Å²) < 4.78 is 49.1. The van der Waals surface area contributed by atoms with Crippen molar-refractivity contribution in [3.05, 3.63) is 71.0 Å². The van der Waals surface area contributed by atoms with Crippen LogP contribution in [-0.2, 0) is 21.2 Å². The monoisotopic (exact) mass is 462 g/mol. The largest absolute Gasteiger partial charge is 0.457 e. The van der Waals surface area contributed by atoms with E-state index in [1.54, 1.807) is 32.0 Å². The molecule has 1 saturated heterocycles. The molecular weight excluding hydrogens is 431 g/mol. The van der Waals surface area contributed by atoms with E-state index in [4.69, 9.17) is 4.74 Å². The second-order valence-electron chi connectivity index (χ2n) is 8.56. The molecule has 1 aliphatic rings. The van der Waals surface area contributed by atoms with Crippen molar-refractivity contribution >= 4 is 16.0 Å². The molecule has 2 unspecified atom stereocenters. The summed E-state index contributed by atoms with van der Waals surface area (Å²) in [5, 5.41) is 8.47. The smallest absolute Gasteiger partial charge is 0.299 e. The molecule has 1 fully saturated rings. The number of aliphatic hydroxyl groups excluding tert-OH is 1. The topological polar surface area (TPSA) is 88.0 Å². The van der Waals surface area contributed by atoms with Crippen LogP contribution in [0.1, 0.15) is 68.0 Å². The van der Waals surface area contributed by atoms with E-state index in [9.17, 15) is 17.9 Å². The van der Waals surface area contributed by atoms with E-state index in [0.29, 0.717) is 5.56 Å². The van der Waals surface area contributed by atoms with Crippen LogP contribution in [0.3, 0.4) is 0 Å². The van der Waals surface area contributed by atoms with Crippen molar-refractivity contribution in [2.45, 2.75) is 63.3 Å². The van der Waals surface area contributed by atoms with Gasteiger partial charge >= 0.3 is 0 Å². The van der Waals surface area contributed by atoms with Gasteiger partial charge in [0.25, 0.3) is 6.02 Å². The van der Waals surface area contributed by atoms with E-state index in [-0.39, 0.29) is 24.6 Å². The van der Waals surface area contributed by atoms with Crippen molar-refractivity contribution in [3.8, 4) is 0 Å². The molecule has 0 bridgehead atoms. The van der Waals surface area contributed by atoms with E-state index >= 15 is 0 Å². The van der Waals surface area contributed by atoms with Gasteiger partial charge in [-0.1, -0.05) is 55.8 Å². The van der Waals surface area contributed by atoms with Crippen molar-refractivity contribution in [2.75, 3.05) is 6.61 Å². The first-order chi connectivity index (χ1) is 15.2. The lowest BCUT2D eigenvalue weighted by molar-refractivity contribution is 0.0758. The normalized spacial score (nSPS) is 21.5. The van der Waals surface area contributed by atoms with Gasteiger partial charge < -0.3 is 9.84 Å². The first kappa shape index (κ1) is 24.2. The number of aryl methyl sites for hydroxylation is 1. The summed E-state index contributed by atoms with van der Waals surface area (Å²) in [6.07, 6.45) is 3.24. The van der Waals surface area contributed by atoms with E-state index in [1.807, 2.05) is 24.3 Å². The number of sulfonamides is 1. The zero-order valence-electron chi connectivity index (χ0n) is 18.7. The maximum absolute atomic E-state index is 14.3. The standard InChI is InChI=1S/C24H31FN2O4S/c1-4-5-8-17-11-13-18(14-12-17)22-24(2,3)31-23(27-32(22,29)30)26-21(15-16-28)19-9-6-7-10-20(19)25/h6-7,9-14,21-22,28H,4-5,8,15-16H2,1-3H3,(H,26,27). The number of halogens is 1. The van der Waals surface area contributed by atoms with Crippen molar-refractivity contribution < 1.29 is 22.7 Å². The zero-order chi connectivity index (χ0) is 23.4. The minimum Gasteiger partial charge on any atom is -0.457 e. The Bertz CT molecular complexity index is 1050. The van der Waals surface area contributed by atoms with E-state index < -0.39 is 32.7 Å². The molecule has 1 heterocycles. The summed E-state index contributed by atoms with van der Waals surface area (Å²) in [7, 11) is -3.88. The van der Waals surface area contributed by atoms with Crippen LogP contribution in [0, 0.1) is 5.82 Å². The number of nitrogens with zero attached hydrogens (tertiary/aromatic N) is 1. The van der Waals surface area contributed by atoms with Crippen molar-refractivity contribution in [1.82, 2.24) is 4.72 Å². The lowest BCUT2D eigenvalue weighted by atomic mass is 9.96. The molecule has 0 amide bonds. The molecule has 0 radical (unpaired) electrons. The first-order valence-corrected chi connectivity index (χ1v) is 12.4. The van der Waals surface area contributed by atoms with Crippen LogP contribution < -0.4 is 4.72 Å². The van der Waals surface area contributed by atoms with Crippen molar-refractivity contribution in [3.63, 3.8) is 0 Å². The number of aliphatic imine (C=N–C) groups is 1. The van der Waals surface area contributed by atoms with Gasteiger partial charge in [-0.3, -0.25) is 0 Å². The summed E-state index contributed by atoms with van der Waals surface area (Å²) in [5.41, 5.74) is 0.934. The molecule has 32 heavy (non-hydrogen) atoms. The fraction of sp³-hybridized carbons (Fsp3) is 0.458. The molecule has 0 aromatic heterocycles. The van der Waals surface area contributed by atoms with E-state index in [0.717, 1.165) is 24.8 Å². The van der Waals surface area contributed by atoms with Crippen LogP contribution in [-0.4, -0.2) is 31.8 Å². The lowest BCUT2D eigenvalue weighted by Crippen LogP contribution is -2.53. The van der Waals surface area contributed by atoms with Crippen LogP contribution in [0.2, 0.25) is 0 Å². The highest BCUT2D eigenvalue weighted by atomic mass is 32.2. The van der Waals surface area contributed by atoms with Crippen molar-refractivity contribution in [2.24, 2.45) is 4.99 Å². The third-order valence-electron chi connectivity index (χ3n) is 5.57. The average Bonchev–Trinajstić information content (AvgIpc) is 2.71. The molecule has 3 rings (SSSR count). The van der Waals surface area contributed by atoms with Gasteiger partial charge in [-0.15, -0.1) is 0 Å². The van der Waals surface area contributed by atoms with Gasteiger partial charge in [0.05, 0.1) is 6.04 Å². The summed E-state index contributed by atoms with van der Waals surface area (Å²) >= 11 is 0. The van der Waals surface area contributed by atoms with Gasteiger partial charge in [-0.05, 0) is 50.3 Å². The summed E-state index contributed by atoms with van der Waals surface area (Å²) in [6, 6.07) is 12.7. The Morgan fingerprint density at radius 3 is 2.47 bits per heavy atom. The number of unbranched alkanes of at least 4 members (excludes halogenated alkanes) is 1. The summed E-state index contributed by atoms with van der Waals surface area (Å²) in [6.45, 7) is 5.28. The molecule has 174 valence electrons. The molecular formula is C24H31FN2O4S. The Labute approximate surface area is 189 Å². The maximum atomic E-state index is 14.3. The molecule has 0 aliphatic carbocycles. The average molecular weight is 463 g/mol. The number of hydrogen-bond acceptors (Lipinski definition) is 5. The van der Waals surface area contributed by atoms with Gasteiger partial charge in [-0.25, -0.2) is 22.5 Å². The van der Waals surface area contributed by atoms with Crippen LogP contribution in [0.4, 0.5) is 4.39 Å². The minimum absolute atomic E-state index is 0.124. The van der Waals surface area contributed by atoms with Gasteiger partial charge in [0.2, 0.25) is 10.0 Å². The number of amidine groups is 1. The molecule has 2 aromatic carbocycles. The number of rotatable bonds is 8. The first-order valence-electron chi connectivity index (χ1n) is 10.9. The van der Waals surface area contributed by atoms with Crippen LogP contribution >= 0.6 is 0 Å². The van der Waals surface area contributed by atoms with Crippen LogP contribution in [0.25, 0.3) is 0 Å². The number of hydrogen-bond donors (Lipinski definition) is 2. The fourth-order valence-corrected chi connectivity index (χ4v) is 5.82. The Morgan fingerprint density at radius 1 is 1.19 bits per heavy atom. The second kappa shape index (κ2) is 10.0. The molecule has 0 spiro atoms. The number of nitrogens with one attached hydrogen (secondary N) is 1. The third kappa shape index (κ3) is 5.48. The quantitative estimate of drug-likeness (QED) is 0.608. The highest BCUT2D eigenvalue weighted by Gasteiger charge is 2.48. The fourth-order valence-electron chi connectivity index (χ4n) is 4.05. The predicted molar refractivity (Wildman–Crippen MR) is 123 cm³/mol. The lowest BCUT2D eigenvalue weighted by Gasteiger charge is -2.39. The second-order valence-corrected chi connectivity index (χ2v) is 10.3. The maximum Gasteiger partial charge on any atom is 0.299 e. The van der Waals surface area contributed by atoms with E-state index in [2.05, 4.69) is 16.6 Å². The van der Waals surface area contributed by atoms with Crippen molar-refractivity contribution in [1.29, 1.82) is 0 Å². The molecule has 2 atom stereocenters. The molecule has 2 N–H and O–H groups in total. The SMILES string of the molecule is CCCCc1ccc(C2C(C)(C)OC(=NC(CCO)c3ccccc3F)NS2(=O)=O)cc1. The molecule has 0 saturated carbocycles. The van der Waals surface area contributed by atoms with Gasteiger partial charge in [0, 0.05) is 12.2 Å². The summed E-state index contributed by atoms with van der Waals surface area (Å²) in [5.74, 6) is -0.478. The molecule has 6 nitrogen and oxygen atoms in total. The summed E-state index contributed by atoms with van der Waals surface area (Å²) in [4.78, 5) is 4.33. The number of ether oxygens (including phenoxy) is 1. The number of aliphatic hydroxyl groups is 1.